The molecule has 1 atom stereocenters. The van der Waals surface area contributed by atoms with Gasteiger partial charge in [0.25, 0.3) is 0 Å². The lowest BCUT2D eigenvalue weighted by molar-refractivity contribution is 0.00578. The Labute approximate surface area is 144 Å². The van der Waals surface area contributed by atoms with Crippen LogP contribution in [0.2, 0.25) is 0 Å². The summed E-state index contributed by atoms with van der Waals surface area (Å²) in [5.74, 6) is 5.55. The van der Waals surface area contributed by atoms with E-state index in [2.05, 4.69) is 11.8 Å². The van der Waals surface area contributed by atoms with E-state index in [4.69, 9.17) is 9.31 Å². The largest absolute Gasteiger partial charge is 0.525 e. The van der Waals surface area contributed by atoms with Crippen LogP contribution in [0.5, 0.6) is 0 Å². The zero-order valence-electron chi connectivity index (χ0n) is 15.1. The van der Waals surface area contributed by atoms with Gasteiger partial charge in [-0.25, -0.2) is 4.39 Å². The van der Waals surface area contributed by atoms with Crippen molar-refractivity contribution in [3.05, 3.63) is 41.1 Å². The molecule has 1 saturated heterocycles. The fourth-order valence-electron chi connectivity index (χ4n) is 2.28. The molecule has 0 bridgehead atoms. The molecule has 2 rings (SSSR count). The summed E-state index contributed by atoms with van der Waals surface area (Å²) in [5.41, 5.74) is 0.275. The summed E-state index contributed by atoms with van der Waals surface area (Å²) in [6, 6.07) is 7.23. The van der Waals surface area contributed by atoms with Gasteiger partial charge in [0.05, 0.1) is 11.2 Å². The predicted octanol–water partition coefficient (Wildman–Crippen LogP) is 3.75. The lowest BCUT2D eigenvalue weighted by Crippen LogP contribution is -2.41. The summed E-state index contributed by atoms with van der Waals surface area (Å²) >= 11 is 0. The topological polar surface area (TPSA) is 38.7 Å². The quantitative estimate of drug-likeness (QED) is 0.663. The van der Waals surface area contributed by atoms with Gasteiger partial charge >= 0.3 is 7.12 Å². The van der Waals surface area contributed by atoms with Crippen molar-refractivity contribution in [1.29, 1.82) is 0 Å². The molecule has 1 unspecified atom stereocenters. The minimum atomic E-state index is -1.01. The average Bonchev–Trinajstić information content (AvgIpc) is 2.72. The van der Waals surface area contributed by atoms with Gasteiger partial charge in [0.15, 0.2) is 0 Å². The molecule has 3 nitrogen and oxygen atoms in total. The van der Waals surface area contributed by atoms with Crippen molar-refractivity contribution in [2.75, 3.05) is 0 Å². The van der Waals surface area contributed by atoms with Crippen molar-refractivity contribution in [1.82, 2.24) is 0 Å². The molecule has 24 heavy (non-hydrogen) atoms. The Morgan fingerprint density at radius 2 is 1.79 bits per heavy atom. The SMILES string of the molecule is CC(=C(F)B1OC(C)(C)C(C)(C)O1)c1cccc(C#CC(C)O)c1. The van der Waals surface area contributed by atoms with E-state index in [1.807, 2.05) is 45.9 Å². The normalized spacial score (nSPS) is 20.9. The number of hydrogen-bond acceptors (Lipinski definition) is 3. The Bertz CT molecular complexity index is 695. The maximum atomic E-state index is 14.9. The van der Waals surface area contributed by atoms with Crippen molar-refractivity contribution in [3.8, 4) is 11.8 Å². The molecule has 128 valence electrons. The summed E-state index contributed by atoms with van der Waals surface area (Å²) in [6.45, 7) is 10.9. The van der Waals surface area contributed by atoms with Crippen LogP contribution < -0.4 is 0 Å². The van der Waals surface area contributed by atoms with E-state index in [9.17, 15) is 9.50 Å². The zero-order valence-corrected chi connectivity index (χ0v) is 15.1. The van der Waals surface area contributed by atoms with E-state index in [0.29, 0.717) is 11.1 Å². The standard InChI is InChI=1S/C19H24BFO3/c1-13(22)10-11-15-8-7-9-16(12-15)14(2)17(21)20-23-18(3,4)19(5,6)24-20/h7-9,12-13,22H,1-6H3. The number of benzene rings is 1. The molecule has 1 aromatic carbocycles. The predicted molar refractivity (Wildman–Crippen MR) is 94.8 cm³/mol. The second-order valence-corrected chi connectivity index (χ2v) is 7.09. The van der Waals surface area contributed by atoms with Crippen LogP contribution in [0.25, 0.3) is 5.57 Å². The fraction of sp³-hybridized carbons (Fsp3) is 0.474. The Morgan fingerprint density at radius 1 is 1.21 bits per heavy atom. The van der Waals surface area contributed by atoms with E-state index >= 15 is 0 Å². The smallest absolute Gasteiger partial charge is 0.398 e. The average molecular weight is 330 g/mol. The molecule has 1 heterocycles. The monoisotopic (exact) mass is 330 g/mol. The third-order valence-corrected chi connectivity index (χ3v) is 4.54. The van der Waals surface area contributed by atoms with Crippen LogP contribution in [0.1, 0.15) is 52.7 Å². The van der Waals surface area contributed by atoms with Gasteiger partial charge in [0.2, 0.25) is 0 Å². The second kappa shape index (κ2) is 6.72. The lowest BCUT2D eigenvalue weighted by Gasteiger charge is -2.32. The van der Waals surface area contributed by atoms with Crippen LogP contribution in [0.3, 0.4) is 0 Å². The molecule has 1 aromatic rings. The number of halogens is 1. The molecule has 0 spiro atoms. The minimum Gasteiger partial charge on any atom is -0.398 e. The van der Waals surface area contributed by atoms with Gasteiger partial charge in [-0.05, 0) is 64.8 Å². The summed E-state index contributed by atoms with van der Waals surface area (Å²) < 4.78 is 26.4. The van der Waals surface area contributed by atoms with Gasteiger partial charge in [-0.3, -0.25) is 0 Å². The lowest BCUT2D eigenvalue weighted by atomic mass is 9.83. The highest BCUT2D eigenvalue weighted by Crippen LogP contribution is 2.40. The van der Waals surface area contributed by atoms with E-state index in [1.54, 1.807) is 19.9 Å². The van der Waals surface area contributed by atoms with E-state index in [0.717, 1.165) is 5.56 Å². The molecule has 1 N–H and O–H groups in total. The summed E-state index contributed by atoms with van der Waals surface area (Å²) in [4.78, 5) is 0. The Hall–Kier alpha value is -1.61. The van der Waals surface area contributed by atoms with Crippen molar-refractivity contribution >= 4 is 12.7 Å². The molecule has 0 saturated carbocycles. The highest BCUT2D eigenvalue weighted by molar-refractivity contribution is 6.55. The molecule has 0 radical (unpaired) electrons. The second-order valence-electron chi connectivity index (χ2n) is 7.09. The summed E-state index contributed by atoms with van der Waals surface area (Å²) in [6.07, 6.45) is -0.702. The maximum Gasteiger partial charge on any atom is 0.525 e. The molecule has 1 fully saturated rings. The van der Waals surface area contributed by atoms with Crippen molar-refractivity contribution in [3.63, 3.8) is 0 Å². The summed E-state index contributed by atoms with van der Waals surface area (Å²) in [5, 5.41) is 9.25. The van der Waals surface area contributed by atoms with Crippen LogP contribution >= 0.6 is 0 Å². The molecule has 0 aromatic heterocycles. The molecule has 1 aliphatic rings. The Balaban J connectivity index is 2.31. The minimum absolute atomic E-state index is 0.436. The van der Waals surface area contributed by atoms with Crippen LogP contribution in [-0.2, 0) is 9.31 Å². The summed E-state index contributed by atoms with van der Waals surface area (Å²) in [7, 11) is -1.01. The first kappa shape index (κ1) is 18.7. The van der Waals surface area contributed by atoms with Crippen LogP contribution in [-0.4, -0.2) is 29.5 Å². The van der Waals surface area contributed by atoms with Crippen LogP contribution in [0.4, 0.5) is 4.39 Å². The Kier molecular flexibility index (Phi) is 5.24. The zero-order chi connectivity index (χ0) is 18.1. The van der Waals surface area contributed by atoms with E-state index in [-0.39, 0.29) is 0 Å². The fourth-order valence-corrected chi connectivity index (χ4v) is 2.28. The van der Waals surface area contributed by atoms with Crippen molar-refractivity contribution in [2.45, 2.75) is 58.8 Å². The molecule has 0 aliphatic carbocycles. The van der Waals surface area contributed by atoms with Gasteiger partial charge < -0.3 is 14.4 Å². The number of hydrogen-bond donors (Lipinski definition) is 1. The van der Waals surface area contributed by atoms with Gasteiger partial charge in [0, 0.05) is 5.56 Å². The number of rotatable bonds is 2. The van der Waals surface area contributed by atoms with Gasteiger partial charge in [-0.1, -0.05) is 24.0 Å². The first-order valence-corrected chi connectivity index (χ1v) is 8.05. The van der Waals surface area contributed by atoms with E-state index in [1.165, 1.54) is 0 Å². The van der Waals surface area contributed by atoms with Crippen LogP contribution in [0.15, 0.2) is 30.0 Å². The molecular formula is C19H24BFO3. The Morgan fingerprint density at radius 3 is 2.33 bits per heavy atom. The first-order chi connectivity index (χ1) is 11.0. The molecular weight excluding hydrogens is 306 g/mol. The first-order valence-electron chi connectivity index (χ1n) is 8.05. The molecule has 5 heteroatoms. The van der Waals surface area contributed by atoms with Gasteiger partial charge in [0.1, 0.15) is 11.8 Å². The third-order valence-electron chi connectivity index (χ3n) is 4.54. The van der Waals surface area contributed by atoms with Crippen molar-refractivity contribution in [2.24, 2.45) is 0 Å². The molecule has 0 amide bonds. The molecule has 1 aliphatic heterocycles. The van der Waals surface area contributed by atoms with Crippen molar-refractivity contribution < 1.29 is 18.8 Å². The number of aliphatic hydroxyl groups excluding tert-OH is 1. The maximum absolute atomic E-state index is 14.9. The van der Waals surface area contributed by atoms with E-state index < -0.39 is 30.2 Å². The van der Waals surface area contributed by atoms with Crippen LogP contribution in [0, 0.1) is 11.8 Å². The van der Waals surface area contributed by atoms with Gasteiger partial charge in [-0.15, -0.1) is 0 Å². The van der Waals surface area contributed by atoms with Gasteiger partial charge in [-0.2, -0.15) is 0 Å². The third kappa shape index (κ3) is 3.89. The number of aliphatic hydroxyl groups is 1. The highest BCUT2D eigenvalue weighted by atomic mass is 19.1. The number of allylic oxidation sites excluding steroid dienone is 1. The highest BCUT2D eigenvalue weighted by Gasteiger charge is 2.53.